The largest absolute Gasteiger partial charge is 0.395 e. The predicted octanol–water partition coefficient (Wildman–Crippen LogP) is 14.7. The maximum absolute atomic E-state index is 12.1. The number of aromatic nitrogens is 12. The maximum Gasteiger partial charge on any atom is 0.326 e. The number of rotatable bonds is 24. The second-order valence-electron chi connectivity index (χ2n) is 28.5. The number of fused-ring (bicyclic) bond motifs is 12. The predicted molar refractivity (Wildman–Crippen MR) is 435 cm³/mol. The maximum atomic E-state index is 12.1. The molecule has 1 unspecified atom stereocenters. The van der Waals surface area contributed by atoms with E-state index < -0.39 is 14.7 Å². The van der Waals surface area contributed by atoms with Gasteiger partial charge in [-0.05, 0) is 53.5 Å². The van der Waals surface area contributed by atoms with Gasteiger partial charge in [-0.25, -0.2) is 29.7 Å². The molecule has 0 spiro atoms. The molecule has 0 bridgehead atoms. The molecule has 22 nitrogen and oxygen atoms in total. The van der Waals surface area contributed by atoms with Gasteiger partial charge in [0.05, 0.1) is 39.7 Å². The second kappa shape index (κ2) is 34.4. The number of anilines is 6. The molecule has 8 aromatic heterocycles. The quantitative estimate of drug-likeness (QED) is 0.0186. The van der Waals surface area contributed by atoms with Crippen molar-refractivity contribution in [1.29, 1.82) is 0 Å². The fraction of sp³-hybridized carbons (Fsp3) is 0.354. The summed E-state index contributed by atoms with van der Waals surface area (Å²) < 4.78 is 14.9. The Balaban J connectivity index is 0.000000144. The average Bonchev–Trinajstić information content (AvgIpc) is 1.65. The number of aromatic amines is 1. The smallest absolute Gasteiger partial charge is 0.326 e. The van der Waals surface area contributed by atoms with Crippen molar-refractivity contribution in [1.82, 2.24) is 58.1 Å². The first kappa shape index (κ1) is 75.6. The zero-order valence-electron chi connectivity index (χ0n) is 62.7. The molecule has 0 saturated heterocycles. The number of para-hydroxylation sites is 4. The SMILES string of the molecule is CC(=O)OCC[As](C)c1nc2c(N)nc3ccccc3c2n1CC(C)C.CC(C)Cn1c(=O)[nH]c2c(N)nc3ccccc3c21.CC(C)Cn1c(N(C)CCO)nc2c(N)nc3ccccc3c21.CCCCNc1nc2c(N(Cc3ccccc3)Cc3ccccc3)nc3ccccc3c2n1CC(C)C. The Hall–Kier alpha value is -10.6. The number of nitrogens with zero attached hydrogens (tertiary/aromatic N) is 13. The number of hydrogen-bond acceptors (Lipinski definition) is 17. The zero-order valence-corrected chi connectivity index (χ0v) is 64.6. The summed E-state index contributed by atoms with van der Waals surface area (Å²) in [4.78, 5) is 63.8. The third kappa shape index (κ3) is 17.5. The Morgan fingerprint density at radius 1 is 0.552 bits per heavy atom. The Morgan fingerprint density at radius 3 is 1.50 bits per heavy atom. The Labute approximate surface area is 618 Å². The van der Waals surface area contributed by atoms with E-state index in [9.17, 15) is 14.7 Å². The summed E-state index contributed by atoms with van der Waals surface area (Å²) >= 11 is -1.48. The molecule has 0 fully saturated rings. The molecule has 8 heterocycles. The van der Waals surface area contributed by atoms with Gasteiger partial charge in [0.25, 0.3) is 0 Å². The van der Waals surface area contributed by atoms with Crippen molar-refractivity contribution >= 4 is 148 Å². The molecule has 105 heavy (non-hydrogen) atoms. The number of H-pyrrole nitrogens is 1. The van der Waals surface area contributed by atoms with Crippen LogP contribution in [-0.4, -0.2) is 117 Å². The third-order valence-corrected chi connectivity index (χ3v) is 21.9. The van der Waals surface area contributed by atoms with Crippen molar-refractivity contribution in [3.63, 3.8) is 0 Å². The number of nitrogens with one attached hydrogen (secondary N) is 2. The van der Waals surface area contributed by atoms with E-state index in [4.69, 9.17) is 41.9 Å². The number of pyridine rings is 4. The Morgan fingerprint density at radius 2 is 0.990 bits per heavy atom. The number of nitrogens with two attached hydrogens (primary N) is 3. The first-order valence-electron chi connectivity index (χ1n) is 36.5. The number of aliphatic hydroxyl groups is 1. The number of benzene rings is 6. The molecule has 0 aliphatic rings. The summed E-state index contributed by atoms with van der Waals surface area (Å²) in [5.41, 5.74) is 33.7. The van der Waals surface area contributed by atoms with Crippen molar-refractivity contribution < 1.29 is 14.6 Å². The summed E-state index contributed by atoms with van der Waals surface area (Å²) in [5.74, 6) is 5.55. The minimum absolute atomic E-state index is 0.0792. The first-order chi connectivity index (χ1) is 50.6. The number of nitrogen functional groups attached to an aromatic ring is 3. The number of carbonyl (C=O) groups excluding carboxylic acids is 1. The molecule has 14 aromatic rings. The van der Waals surface area contributed by atoms with Crippen LogP contribution in [0.4, 0.5) is 35.2 Å². The standard InChI is InChI=1S/C32H37N5.C19H25AsN4O2.C17H23N5O.C14H16N4O/c1-4-5-20-33-32-35-29-30(37(32)21-24(2)3)27-18-12-13-19-28(27)34-31(29)36(22-25-14-8-6-9-15-25)23-26-16-10-7-11-17-26;1-12(2)11-24-17-14-7-5-6-8-15(14)22-18(21)16(17)23-19(24)20(4)9-10-26-13(3)25;1-11(2)10-22-15-12-6-4-5-7-13(12)19-16(18)14(15)20-17(22)21(3)8-9-23;1-8(2)7-18-12-9-5-3-4-6-10(9)16-13(15)11(12)17-14(18)19/h6-19,24H,4-5,20-23H2,1-3H3,(H,33,35);5-8,12H,9-11H2,1-4H3,(H2,21,22);4-7,11,23H,8-10H2,1-3H3,(H2,18,19);3-6,8H,7H2,1-2H3,(H2,15,16)(H,17,19). The van der Waals surface area contributed by atoms with Gasteiger partial charge in [-0.2, -0.15) is 0 Å². The Bertz CT molecular complexity index is 5310. The normalized spacial score (nSPS) is 11.9. The summed E-state index contributed by atoms with van der Waals surface area (Å²) in [7, 11) is 1.93. The topological polar surface area (TPSA) is 286 Å². The Kier molecular flexibility index (Phi) is 24.7. The summed E-state index contributed by atoms with van der Waals surface area (Å²) in [6, 6.07) is 53.6. The van der Waals surface area contributed by atoms with E-state index in [1.165, 1.54) is 23.6 Å². The molecule has 0 saturated carbocycles. The van der Waals surface area contributed by atoms with Gasteiger partial charge in [-0.15, -0.1) is 0 Å². The van der Waals surface area contributed by atoms with E-state index in [0.717, 1.165) is 156 Å². The molecular formula is C82H101AsN18O4. The van der Waals surface area contributed by atoms with Crippen molar-refractivity contribution in [2.75, 3.05) is 65.7 Å². The van der Waals surface area contributed by atoms with E-state index in [-0.39, 0.29) is 18.3 Å². The zero-order chi connectivity index (χ0) is 74.6. The number of carbonyl (C=O) groups is 1. The average molecular weight is 1480 g/mol. The molecule has 0 radical (unpaired) electrons. The van der Waals surface area contributed by atoms with Crippen LogP contribution in [0.15, 0.2) is 163 Å². The molecule has 0 aliphatic heterocycles. The van der Waals surface area contributed by atoms with Crippen LogP contribution in [-0.2, 0) is 48.8 Å². The number of likely N-dealkylation sites (N-methyl/N-ethyl adjacent to an activating group) is 1. The van der Waals surface area contributed by atoms with Crippen molar-refractivity contribution in [2.24, 2.45) is 23.7 Å². The van der Waals surface area contributed by atoms with E-state index in [2.05, 4.69) is 209 Å². The minimum atomic E-state index is -1.48. The second-order valence-corrected chi connectivity index (χ2v) is 33.2. The summed E-state index contributed by atoms with van der Waals surface area (Å²) in [6.07, 6.45) is 2.26. The number of hydrogen-bond donors (Lipinski definition) is 6. The number of unbranched alkanes of at least 4 members (excludes halogenated alkanes) is 1. The van der Waals surface area contributed by atoms with Crippen molar-refractivity contribution in [3.8, 4) is 0 Å². The van der Waals surface area contributed by atoms with Gasteiger partial charge < -0.3 is 45.8 Å². The number of imidazole rings is 4. The summed E-state index contributed by atoms with van der Waals surface area (Å²) in [6.45, 7) is 27.9. The number of aliphatic hydroxyl groups excluding tert-OH is 1. The van der Waals surface area contributed by atoms with Gasteiger partial charge in [0.2, 0.25) is 11.9 Å². The number of esters is 1. The van der Waals surface area contributed by atoms with Crippen LogP contribution in [0, 0.1) is 23.7 Å². The first-order valence-corrected chi connectivity index (χ1v) is 40.6. The van der Waals surface area contributed by atoms with E-state index in [1.807, 2.05) is 72.6 Å². The van der Waals surface area contributed by atoms with E-state index in [0.29, 0.717) is 66.3 Å². The minimum Gasteiger partial charge on any atom is -0.395 e. The molecule has 0 aliphatic carbocycles. The molecule has 0 amide bonds. The van der Waals surface area contributed by atoms with Gasteiger partial charge >= 0.3 is 164 Å². The van der Waals surface area contributed by atoms with Crippen LogP contribution in [0.25, 0.3) is 87.7 Å². The van der Waals surface area contributed by atoms with Gasteiger partial charge in [-0.3, -0.25) is 4.57 Å². The van der Waals surface area contributed by atoms with Gasteiger partial charge in [0, 0.05) is 69.0 Å². The van der Waals surface area contributed by atoms with Crippen molar-refractivity contribution in [2.45, 2.75) is 132 Å². The molecular weight excluding hydrogens is 1380 g/mol. The van der Waals surface area contributed by atoms with Crippen LogP contribution in [0.5, 0.6) is 0 Å². The van der Waals surface area contributed by atoms with E-state index >= 15 is 0 Å². The molecule has 9 N–H and O–H groups in total. The number of ether oxygens (including phenoxy) is 1. The van der Waals surface area contributed by atoms with Crippen LogP contribution >= 0.6 is 0 Å². The van der Waals surface area contributed by atoms with Gasteiger partial charge in [0.1, 0.15) is 22.4 Å². The summed E-state index contributed by atoms with van der Waals surface area (Å²) in [5, 5.41) is 18.0. The van der Waals surface area contributed by atoms with Crippen LogP contribution < -0.4 is 42.6 Å². The van der Waals surface area contributed by atoms with Crippen LogP contribution in [0.1, 0.15) is 93.2 Å². The molecule has 1 atom stereocenters. The van der Waals surface area contributed by atoms with Crippen LogP contribution in [0.2, 0.25) is 10.9 Å². The fourth-order valence-electron chi connectivity index (χ4n) is 13.4. The molecule has 548 valence electrons. The van der Waals surface area contributed by atoms with E-state index in [1.54, 1.807) is 4.57 Å². The van der Waals surface area contributed by atoms with Crippen LogP contribution in [0.3, 0.4) is 0 Å². The van der Waals surface area contributed by atoms with Gasteiger partial charge in [-0.1, -0.05) is 170 Å². The van der Waals surface area contributed by atoms with Crippen molar-refractivity contribution in [3.05, 3.63) is 179 Å². The fourth-order valence-corrected chi connectivity index (χ4v) is 16.4. The monoisotopic (exact) mass is 1480 g/mol. The molecule has 14 rings (SSSR count). The third-order valence-electron chi connectivity index (χ3n) is 18.0. The molecule has 23 heteroatoms. The molecule has 6 aromatic carbocycles. The van der Waals surface area contributed by atoms with Gasteiger partial charge in [0.15, 0.2) is 11.6 Å².